The summed E-state index contributed by atoms with van der Waals surface area (Å²) in [5, 5.41) is 9.46. The Morgan fingerprint density at radius 2 is 1.91 bits per heavy atom. The van der Waals surface area contributed by atoms with Crippen LogP contribution in [0.5, 0.6) is 0 Å². The molecule has 120 valence electrons. The van der Waals surface area contributed by atoms with Crippen molar-refractivity contribution in [3.63, 3.8) is 0 Å². The molecule has 0 aliphatic carbocycles. The van der Waals surface area contributed by atoms with E-state index in [9.17, 15) is 9.90 Å². The van der Waals surface area contributed by atoms with Crippen LogP contribution in [0.2, 0.25) is 0 Å². The van der Waals surface area contributed by atoms with Gasteiger partial charge in [0.25, 0.3) is 5.91 Å². The van der Waals surface area contributed by atoms with E-state index in [4.69, 9.17) is 4.98 Å². The Balaban J connectivity index is 1.77. The number of fused-ring (bicyclic) bond motifs is 1. The second-order valence-corrected chi connectivity index (χ2v) is 6.42. The van der Waals surface area contributed by atoms with Crippen molar-refractivity contribution in [2.24, 2.45) is 0 Å². The molecule has 0 spiro atoms. The summed E-state index contributed by atoms with van der Waals surface area (Å²) in [5.74, 6) is 0.857. The van der Waals surface area contributed by atoms with Gasteiger partial charge in [-0.15, -0.1) is 0 Å². The zero-order valence-electron chi connectivity index (χ0n) is 13.1. The van der Waals surface area contributed by atoms with Gasteiger partial charge in [0, 0.05) is 25.2 Å². The van der Waals surface area contributed by atoms with E-state index in [0.29, 0.717) is 18.8 Å². The molecule has 0 radical (unpaired) electrons. The molecule has 2 aliphatic heterocycles. The fourth-order valence-electron chi connectivity index (χ4n) is 3.47. The Labute approximate surface area is 135 Å². The number of aliphatic hydroxyl groups is 1. The summed E-state index contributed by atoms with van der Waals surface area (Å²) in [6.07, 6.45) is 3.93. The SMILES string of the molecule is O=C(c1nc(-c2ccccc2)n2c1CCCCC2)N1CC(O)C1. The number of hydrogen-bond acceptors (Lipinski definition) is 3. The van der Waals surface area contributed by atoms with Crippen LogP contribution < -0.4 is 0 Å². The first-order valence-corrected chi connectivity index (χ1v) is 8.36. The van der Waals surface area contributed by atoms with Crippen molar-refractivity contribution in [2.45, 2.75) is 38.3 Å². The van der Waals surface area contributed by atoms with Crippen molar-refractivity contribution >= 4 is 5.91 Å². The predicted molar refractivity (Wildman–Crippen MR) is 87.1 cm³/mol. The van der Waals surface area contributed by atoms with Crippen LogP contribution in [0.4, 0.5) is 0 Å². The van der Waals surface area contributed by atoms with Gasteiger partial charge in [-0.2, -0.15) is 0 Å². The number of rotatable bonds is 2. The van der Waals surface area contributed by atoms with Crippen molar-refractivity contribution in [2.75, 3.05) is 13.1 Å². The van der Waals surface area contributed by atoms with Gasteiger partial charge in [-0.05, 0) is 19.3 Å². The summed E-state index contributed by atoms with van der Waals surface area (Å²) < 4.78 is 2.23. The third-order valence-electron chi connectivity index (χ3n) is 4.75. The summed E-state index contributed by atoms with van der Waals surface area (Å²) in [4.78, 5) is 19.2. The van der Waals surface area contributed by atoms with E-state index in [-0.39, 0.29) is 12.0 Å². The number of nitrogens with zero attached hydrogens (tertiary/aromatic N) is 3. The zero-order chi connectivity index (χ0) is 15.8. The Hall–Kier alpha value is -2.14. The van der Waals surface area contributed by atoms with Crippen molar-refractivity contribution in [1.29, 1.82) is 0 Å². The molecule has 1 aromatic heterocycles. The second kappa shape index (κ2) is 5.81. The number of carbonyl (C=O) groups is 1. The van der Waals surface area contributed by atoms with Gasteiger partial charge in [0.2, 0.25) is 0 Å². The zero-order valence-corrected chi connectivity index (χ0v) is 13.1. The number of benzene rings is 1. The van der Waals surface area contributed by atoms with Crippen LogP contribution in [0.25, 0.3) is 11.4 Å². The Kier molecular flexibility index (Phi) is 3.65. The highest BCUT2D eigenvalue weighted by atomic mass is 16.3. The lowest BCUT2D eigenvalue weighted by molar-refractivity contribution is 0.00545. The van der Waals surface area contributed by atoms with E-state index in [1.165, 1.54) is 6.42 Å². The second-order valence-electron chi connectivity index (χ2n) is 6.42. The Bertz CT molecular complexity index is 717. The summed E-state index contributed by atoms with van der Waals surface area (Å²) in [6, 6.07) is 10.1. The minimum absolute atomic E-state index is 0.0388. The van der Waals surface area contributed by atoms with Gasteiger partial charge in [0.1, 0.15) is 11.5 Å². The number of aliphatic hydroxyl groups excluding tert-OH is 1. The molecule has 4 rings (SSSR count). The standard InChI is InChI=1S/C18H21N3O2/c22-14-11-20(12-14)18(23)16-15-9-5-2-6-10-21(15)17(19-16)13-7-3-1-4-8-13/h1,3-4,7-8,14,22H,2,5-6,9-12H2. The largest absolute Gasteiger partial charge is 0.389 e. The lowest BCUT2D eigenvalue weighted by Gasteiger charge is -2.35. The molecule has 0 saturated carbocycles. The number of aromatic nitrogens is 2. The topological polar surface area (TPSA) is 58.4 Å². The van der Waals surface area contributed by atoms with Crippen LogP contribution in [0, 0.1) is 0 Å². The number of likely N-dealkylation sites (tertiary alicyclic amines) is 1. The van der Waals surface area contributed by atoms with Gasteiger partial charge in [0.15, 0.2) is 0 Å². The lowest BCUT2D eigenvalue weighted by atomic mass is 10.1. The minimum Gasteiger partial charge on any atom is -0.389 e. The number of β-amino-alcohol motifs (C(OH)–C–C–N with tert-alkyl or cyclic N) is 1. The predicted octanol–water partition coefficient (Wildman–Crippen LogP) is 2.09. The van der Waals surface area contributed by atoms with Crippen LogP contribution in [0.1, 0.15) is 35.4 Å². The Morgan fingerprint density at radius 1 is 1.13 bits per heavy atom. The molecule has 23 heavy (non-hydrogen) atoms. The molecule has 0 atom stereocenters. The van der Waals surface area contributed by atoms with Crippen LogP contribution in [-0.4, -0.2) is 44.7 Å². The van der Waals surface area contributed by atoms with Crippen LogP contribution >= 0.6 is 0 Å². The molecule has 0 bridgehead atoms. The molecule has 5 heteroatoms. The van der Waals surface area contributed by atoms with E-state index in [1.54, 1.807) is 4.90 Å². The van der Waals surface area contributed by atoms with Crippen molar-refractivity contribution in [1.82, 2.24) is 14.5 Å². The van der Waals surface area contributed by atoms with E-state index in [0.717, 1.165) is 42.9 Å². The molecule has 1 saturated heterocycles. The highest BCUT2D eigenvalue weighted by molar-refractivity contribution is 5.95. The third kappa shape index (κ3) is 2.55. The maximum atomic E-state index is 12.7. The minimum atomic E-state index is -0.381. The van der Waals surface area contributed by atoms with Crippen LogP contribution in [0.3, 0.4) is 0 Å². The average molecular weight is 311 g/mol. The third-order valence-corrected chi connectivity index (χ3v) is 4.75. The smallest absolute Gasteiger partial charge is 0.274 e. The summed E-state index contributed by atoms with van der Waals surface area (Å²) in [5.41, 5.74) is 2.70. The maximum Gasteiger partial charge on any atom is 0.274 e. The van der Waals surface area contributed by atoms with Crippen molar-refractivity contribution in [3.05, 3.63) is 41.7 Å². The fraction of sp³-hybridized carbons (Fsp3) is 0.444. The monoisotopic (exact) mass is 311 g/mol. The highest BCUT2D eigenvalue weighted by Gasteiger charge is 2.33. The lowest BCUT2D eigenvalue weighted by Crippen LogP contribution is -2.53. The molecule has 1 amide bonds. The average Bonchev–Trinajstić information content (AvgIpc) is 2.74. The van der Waals surface area contributed by atoms with Crippen LogP contribution in [0.15, 0.2) is 30.3 Å². The summed E-state index contributed by atoms with van der Waals surface area (Å²) in [6.45, 7) is 1.76. The maximum absolute atomic E-state index is 12.7. The Morgan fingerprint density at radius 3 is 2.65 bits per heavy atom. The van der Waals surface area contributed by atoms with E-state index in [2.05, 4.69) is 4.57 Å². The summed E-state index contributed by atoms with van der Waals surface area (Å²) >= 11 is 0. The molecular weight excluding hydrogens is 290 g/mol. The molecular formula is C18H21N3O2. The first-order chi connectivity index (χ1) is 11.2. The number of amides is 1. The first-order valence-electron chi connectivity index (χ1n) is 8.36. The van der Waals surface area contributed by atoms with Gasteiger partial charge in [-0.3, -0.25) is 4.79 Å². The van der Waals surface area contributed by atoms with Gasteiger partial charge in [-0.25, -0.2) is 4.98 Å². The molecule has 0 unspecified atom stereocenters. The number of carbonyl (C=O) groups excluding carboxylic acids is 1. The van der Waals surface area contributed by atoms with Gasteiger partial charge >= 0.3 is 0 Å². The van der Waals surface area contributed by atoms with E-state index < -0.39 is 0 Å². The first kappa shape index (κ1) is 14.5. The molecule has 1 N–H and O–H groups in total. The number of hydrogen-bond donors (Lipinski definition) is 1. The molecule has 2 aliphatic rings. The van der Waals surface area contributed by atoms with Gasteiger partial charge in [0.05, 0.1) is 11.8 Å². The molecule has 3 heterocycles. The molecule has 2 aromatic rings. The van der Waals surface area contributed by atoms with Crippen molar-refractivity contribution < 1.29 is 9.90 Å². The number of imidazole rings is 1. The summed E-state index contributed by atoms with van der Waals surface area (Å²) in [7, 11) is 0. The van der Waals surface area contributed by atoms with E-state index >= 15 is 0 Å². The van der Waals surface area contributed by atoms with Crippen molar-refractivity contribution in [3.8, 4) is 11.4 Å². The molecule has 1 aromatic carbocycles. The highest BCUT2D eigenvalue weighted by Crippen LogP contribution is 2.28. The molecule has 5 nitrogen and oxygen atoms in total. The van der Waals surface area contributed by atoms with E-state index in [1.807, 2.05) is 30.3 Å². The normalized spacial score (nSPS) is 18.2. The van der Waals surface area contributed by atoms with Crippen LogP contribution in [-0.2, 0) is 13.0 Å². The van der Waals surface area contributed by atoms with Gasteiger partial charge < -0.3 is 14.6 Å². The quantitative estimate of drug-likeness (QED) is 0.924. The molecule has 1 fully saturated rings. The van der Waals surface area contributed by atoms with Gasteiger partial charge in [-0.1, -0.05) is 36.8 Å². The fourth-order valence-corrected chi connectivity index (χ4v) is 3.47.